The maximum atomic E-state index is 13.3. The fraction of sp³-hybridized carbons (Fsp3) is 0.250. The van der Waals surface area contributed by atoms with Gasteiger partial charge in [-0.3, -0.25) is 4.79 Å². The molecule has 186 valence electrons. The first-order valence-electron chi connectivity index (χ1n) is 11.7. The van der Waals surface area contributed by atoms with Crippen molar-refractivity contribution in [2.45, 2.75) is 40.2 Å². The molecule has 0 saturated heterocycles. The highest BCUT2D eigenvalue weighted by Crippen LogP contribution is 2.37. The lowest BCUT2D eigenvalue weighted by Gasteiger charge is -2.15. The van der Waals surface area contributed by atoms with Crippen LogP contribution >= 0.6 is 27.5 Å². The van der Waals surface area contributed by atoms with Crippen LogP contribution in [0.5, 0.6) is 11.5 Å². The number of hydrogen-bond acceptors (Lipinski definition) is 5. The number of nitrogens with zero attached hydrogens (tertiary/aromatic N) is 3. The Morgan fingerprint density at radius 1 is 1.11 bits per heavy atom. The van der Waals surface area contributed by atoms with Gasteiger partial charge in [0.05, 0.1) is 28.7 Å². The third kappa shape index (κ3) is 5.79. The van der Waals surface area contributed by atoms with E-state index in [4.69, 9.17) is 21.1 Å². The molecule has 1 heterocycles. The first-order valence-corrected chi connectivity index (χ1v) is 12.8. The van der Waals surface area contributed by atoms with Crippen LogP contribution in [0.4, 0.5) is 0 Å². The summed E-state index contributed by atoms with van der Waals surface area (Å²) < 4.78 is 14.0. The van der Waals surface area contributed by atoms with E-state index in [2.05, 4.69) is 26.0 Å². The van der Waals surface area contributed by atoms with Crippen LogP contribution in [0.3, 0.4) is 0 Å². The quantitative estimate of drug-likeness (QED) is 0.213. The van der Waals surface area contributed by atoms with Crippen molar-refractivity contribution < 1.29 is 9.47 Å². The molecule has 4 aromatic rings. The van der Waals surface area contributed by atoms with E-state index in [1.165, 1.54) is 10.2 Å². The van der Waals surface area contributed by atoms with Crippen molar-refractivity contribution in [1.82, 2.24) is 9.66 Å². The van der Waals surface area contributed by atoms with Gasteiger partial charge in [-0.15, -0.1) is 0 Å². The van der Waals surface area contributed by atoms with Crippen molar-refractivity contribution in [2.24, 2.45) is 5.10 Å². The van der Waals surface area contributed by atoms with Gasteiger partial charge < -0.3 is 9.47 Å². The van der Waals surface area contributed by atoms with Crippen molar-refractivity contribution in [3.8, 4) is 11.5 Å². The molecule has 0 fully saturated rings. The minimum atomic E-state index is -0.240. The Morgan fingerprint density at radius 2 is 1.86 bits per heavy atom. The Kier molecular flexibility index (Phi) is 8.11. The number of aromatic nitrogens is 2. The predicted molar refractivity (Wildman–Crippen MR) is 149 cm³/mol. The fourth-order valence-corrected chi connectivity index (χ4v) is 4.32. The van der Waals surface area contributed by atoms with E-state index < -0.39 is 0 Å². The minimum Gasteiger partial charge on any atom is -0.490 e. The zero-order valence-electron chi connectivity index (χ0n) is 20.6. The molecule has 0 aliphatic carbocycles. The Balaban J connectivity index is 1.69. The zero-order valence-corrected chi connectivity index (χ0v) is 22.9. The highest BCUT2D eigenvalue weighted by Gasteiger charge is 2.15. The summed E-state index contributed by atoms with van der Waals surface area (Å²) in [4.78, 5) is 18.0. The molecular weight excluding hydrogens is 542 g/mol. The van der Waals surface area contributed by atoms with Crippen LogP contribution in [0.25, 0.3) is 10.9 Å². The summed E-state index contributed by atoms with van der Waals surface area (Å²) in [6, 6.07) is 17.1. The van der Waals surface area contributed by atoms with Crippen LogP contribution in [0.1, 0.15) is 49.2 Å². The van der Waals surface area contributed by atoms with Gasteiger partial charge in [0, 0.05) is 10.4 Å². The molecule has 36 heavy (non-hydrogen) atoms. The molecule has 0 unspecified atom stereocenters. The normalized spacial score (nSPS) is 11.5. The highest BCUT2D eigenvalue weighted by molar-refractivity contribution is 9.10. The number of fused-ring (bicyclic) bond motifs is 1. The number of aryl methyl sites for hydroxylation is 1. The van der Waals surface area contributed by atoms with Gasteiger partial charge in [-0.1, -0.05) is 71.2 Å². The molecule has 0 aliphatic rings. The molecule has 1 aromatic heterocycles. The average molecular weight is 569 g/mol. The second-order valence-corrected chi connectivity index (χ2v) is 10.0. The Morgan fingerprint density at radius 3 is 2.56 bits per heavy atom. The van der Waals surface area contributed by atoms with E-state index in [-0.39, 0.29) is 11.5 Å². The van der Waals surface area contributed by atoms with E-state index in [0.717, 1.165) is 10.0 Å². The van der Waals surface area contributed by atoms with Crippen molar-refractivity contribution in [3.63, 3.8) is 0 Å². The molecular formula is C28H27BrClN3O3. The van der Waals surface area contributed by atoms with Crippen molar-refractivity contribution >= 4 is 44.6 Å². The average Bonchev–Trinajstić information content (AvgIpc) is 2.84. The maximum Gasteiger partial charge on any atom is 0.282 e. The largest absolute Gasteiger partial charge is 0.490 e. The molecule has 8 heteroatoms. The number of hydrogen-bond donors (Lipinski definition) is 0. The van der Waals surface area contributed by atoms with Crippen LogP contribution < -0.4 is 15.0 Å². The predicted octanol–water partition coefficient (Wildman–Crippen LogP) is 7.10. The molecule has 0 spiro atoms. The summed E-state index contributed by atoms with van der Waals surface area (Å²) in [5.74, 6) is 1.53. The van der Waals surface area contributed by atoms with Crippen LogP contribution in [-0.2, 0) is 6.61 Å². The SMILES string of the molecule is CCOc1cc(C=Nn2c(C(C)C)nc3ccc(Br)cc3c2=O)cc(Cl)c1OCc1ccc(C)cc1. The third-order valence-corrected chi connectivity index (χ3v) is 6.28. The van der Waals surface area contributed by atoms with Gasteiger partial charge in [-0.2, -0.15) is 9.78 Å². The van der Waals surface area contributed by atoms with Crippen LogP contribution in [0.15, 0.2) is 69.0 Å². The summed E-state index contributed by atoms with van der Waals surface area (Å²) in [5.41, 5.74) is 3.28. The topological polar surface area (TPSA) is 65.7 Å². The molecule has 0 radical (unpaired) electrons. The lowest BCUT2D eigenvalue weighted by Crippen LogP contribution is -2.23. The monoisotopic (exact) mass is 567 g/mol. The highest BCUT2D eigenvalue weighted by atomic mass is 79.9. The Hall–Kier alpha value is -3.16. The van der Waals surface area contributed by atoms with Gasteiger partial charge in [0.25, 0.3) is 5.56 Å². The summed E-state index contributed by atoms with van der Waals surface area (Å²) in [6.07, 6.45) is 1.58. The van der Waals surface area contributed by atoms with E-state index in [1.54, 1.807) is 24.4 Å². The van der Waals surface area contributed by atoms with Gasteiger partial charge in [-0.05, 0) is 55.3 Å². The number of ether oxygens (including phenoxy) is 2. The second kappa shape index (κ2) is 11.3. The molecule has 0 bridgehead atoms. The van der Waals surface area contributed by atoms with Gasteiger partial charge in [0.1, 0.15) is 12.4 Å². The lowest BCUT2D eigenvalue weighted by molar-refractivity contribution is 0.269. The van der Waals surface area contributed by atoms with E-state index >= 15 is 0 Å². The van der Waals surface area contributed by atoms with Gasteiger partial charge in [-0.25, -0.2) is 4.98 Å². The molecule has 3 aromatic carbocycles. The van der Waals surface area contributed by atoms with Crippen molar-refractivity contribution in [2.75, 3.05) is 6.61 Å². The molecule has 0 saturated carbocycles. The fourth-order valence-electron chi connectivity index (χ4n) is 3.68. The van der Waals surface area contributed by atoms with Gasteiger partial charge in [0.2, 0.25) is 0 Å². The van der Waals surface area contributed by atoms with E-state index in [1.807, 2.05) is 64.1 Å². The summed E-state index contributed by atoms with van der Waals surface area (Å²) in [6.45, 7) is 8.69. The molecule has 0 aliphatic heterocycles. The van der Waals surface area contributed by atoms with Crippen LogP contribution in [-0.4, -0.2) is 22.5 Å². The second-order valence-electron chi connectivity index (χ2n) is 8.68. The Labute approximate surface area is 223 Å². The lowest BCUT2D eigenvalue weighted by atomic mass is 10.1. The molecule has 0 amide bonds. The smallest absolute Gasteiger partial charge is 0.282 e. The molecule has 6 nitrogen and oxygen atoms in total. The van der Waals surface area contributed by atoms with Gasteiger partial charge in [0.15, 0.2) is 11.5 Å². The number of halogens is 2. The van der Waals surface area contributed by atoms with Crippen molar-refractivity contribution in [1.29, 1.82) is 0 Å². The summed E-state index contributed by atoms with van der Waals surface area (Å²) in [5, 5.41) is 5.38. The number of rotatable bonds is 8. The van der Waals surface area contributed by atoms with Crippen LogP contribution in [0.2, 0.25) is 5.02 Å². The first kappa shape index (κ1) is 25.9. The minimum absolute atomic E-state index is 0.0111. The van der Waals surface area contributed by atoms with E-state index in [0.29, 0.717) is 52.0 Å². The third-order valence-electron chi connectivity index (χ3n) is 5.51. The zero-order chi connectivity index (χ0) is 25.8. The Bertz CT molecular complexity index is 1480. The standard InChI is InChI=1S/C28H27BrClN3O3/c1-5-35-25-13-20(12-23(30)26(25)36-16-19-8-6-18(4)7-9-19)15-31-33-27(17(2)3)32-24-11-10-21(29)14-22(24)28(33)34/h6-15,17H,5,16H2,1-4H3. The van der Waals surface area contributed by atoms with E-state index in [9.17, 15) is 4.79 Å². The molecule has 0 N–H and O–H groups in total. The van der Waals surface area contributed by atoms with Gasteiger partial charge >= 0.3 is 0 Å². The summed E-state index contributed by atoms with van der Waals surface area (Å²) in [7, 11) is 0. The molecule has 4 rings (SSSR count). The molecule has 0 atom stereocenters. The number of benzene rings is 3. The summed E-state index contributed by atoms with van der Waals surface area (Å²) >= 11 is 10.0. The maximum absolute atomic E-state index is 13.3. The first-order chi connectivity index (χ1) is 17.3. The van der Waals surface area contributed by atoms with Crippen LogP contribution in [0, 0.1) is 6.92 Å². The van der Waals surface area contributed by atoms with Crippen molar-refractivity contribution in [3.05, 3.63) is 97.0 Å².